The van der Waals surface area contributed by atoms with Crippen molar-refractivity contribution >= 4 is 40.8 Å². The number of nitrogens with zero attached hydrogens (tertiary/aromatic N) is 3. The summed E-state index contributed by atoms with van der Waals surface area (Å²) < 4.78 is 13.0. The third-order valence-corrected chi connectivity index (χ3v) is 6.80. The number of piperidine rings is 1. The molecule has 2 aromatic rings. The SMILES string of the molecule is COCC(C)(C)C(=O)n1nc(C2CCCN(C(=O)OC(C)(C)C)C2)cc1NCc1ccc(Cl)s1. The Hall–Kier alpha value is -2.10. The van der Waals surface area contributed by atoms with Crippen LogP contribution in [0.1, 0.15) is 68.7 Å². The molecule has 34 heavy (non-hydrogen) atoms. The van der Waals surface area contributed by atoms with Crippen LogP contribution in [0, 0.1) is 5.41 Å². The molecule has 3 heterocycles. The molecule has 0 aliphatic carbocycles. The fourth-order valence-electron chi connectivity index (χ4n) is 3.92. The van der Waals surface area contributed by atoms with Crippen molar-refractivity contribution in [3.63, 3.8) is 0 Å². The van der Waals surface area contributed by atoms with Crippen molar-refractivity contribution in [2.24, 2.45) is 5.41 Å². The zero-order valence-electron chi connectivity index (χ0n) is 20.8. The Bertz CT molecular complexity index is 1010. The maximum Gasteiger partial charge on any atom is 0.410 e. The van der Waals surface area contributed by atoms with Crippen molar-refractivity contribution in [1.82, 2.24) is 14.7 Å². The first-order valence-electron chi connectivity index (χ1n) is 11.5. The minimum absolute atomic E-state index is 0.0117. The maximum absolute atomic E-state index is 13.4. The Morgan fingerprint density at radius 2 is 2.00 bits per heavy atom. The molecule has 0 saturated carbocycles. The lowest BCUT2D eigenvalue weighted by atomic mass is 9.94. The molecular formula is C24H35ClN4O4S. The lowest BCUT2D eigenvalue weighted by Crippen LogP contribution is -2.42. The number of aromatic nitrogens is 2. The average Bonchev–Trinajstić information content (AvgIpc) is 3.36. The Balaban J connectivity index is 1.84. The number of hydrogen-bond acceptors (Lipinski definition) is 7. The fraction of sp³-hybridized carbons (Fsp3) is 0.625. The van der Waals surface area contributed by atoms with Crippen LogP contribution in [0.3, 0.4) is 0 Å². The number of rotatable bonds is 7. The normalized spacial score (nSPS) is 17.0. The van der Waals surface area contributed by atoms with Crippen molar-refractivity contribution in [2.75, 3.05) is 32.1 Å². The molecule has 10 heteroatoms. The summed E-state index contributed by atoms with van der Waals surface area (Å²) in [6.07, 6.45) is 1.41. The van der Waals surface area contributed by atoms with E-state index in [1.54, 1.807) is 12.0 Å². The first kappa shape index (κ1) is 26.5. The summed E-state index contributed by atoms with van der Waals surface area (Å²) >= 11 is 7.55. The largest absolute Gasteiger partial charge is 0.444 e. The third kappa shape index (κ3) is 6.73. The minimum atomic E-state index is -0.754. The van der Waals surface area contributed by atoms with Gasteiger partial charge in [0.2, 0.25) is 0 Å². The maximum atomic E-state index is 13.4. The Labute approximate surface area is 210 Å². The minimum Gasteiger partial charge on any atom is -0.444 e. The van der Waals surface area contributed by atoms with E-state index >= 15 is 0 Å². The summed E-state index contributed by atoms with van der Waals surface area (Å²) in [6.45, 7) is 11.2. The molecular weight excluding hydrogens is 476 g/mol. The second-order valence-corrected chi connectivity index (χ2v) is 12.1. The van der Waals surface area contributed by atoms with Crippen LogP contribution in [-0.2, 0) is 16.0 Å². The first-order valence-corrected chi connectivity index (χ1v) is 12.7. The number of halogens is 1. The van der Waals surface area contributed by atoms with Gasteiger partial charge in [-0.05, 0) is 59.6 Å². The standard InChI is InChI=1S/C24H35ClN4O4S/c1-23(2,3)33-22(31)28-11-7-8-16(14-28)18-12-20(26-13-17-9-10-19(25)34-17)29(27-18)21(30)24(4,5)15-32-6/h9-10,12,16,26H,7-8,11,13-15H2,1-6H3. The molecule has 1 unspecified atom stereocenters. The van der Waals surface area contributed by atoms with Gasteiger partial charge in [-0.3, -0.25) is 4.79 Å². The highest BCUT2D eigenvalue weighted by molar-refractivity contribution is 7.16. The second kappa shape index (κ2) is 10.7. The van der Waals surface area contributed by atoms with Gasteiger partial charge in [-0.2, -0.15) is 9.78 Å². The summed E-state index contributed by atoms with van der Waals surface area (Å²) in [5.41, 5.74) is -0.524. The van der Waals surface area contributed by atoms with Crippen molar-refractivity contribution in [1.29, 1.82) is 0 Å². The van der Waals surface area contributed by atoms with E-state index in [0.717, 1.165) is 23.4 Å². The Morgan fingerprint density at radius 1 is 1.26 bits per heavy atom. The number of methoxy groups -OCH3 is 1. The summed E-state index contributed by atoms with van der Waals surface area (Å²) in [6, 6.07) is 5.73. The molecule has 0 bridgehead atoms. The van der Waals surface area contributed by atoms with Crippen molar-refractivity contribution in [2.45, 2.75) is 65.5 Å². The summed E-state index contributed by atoms with van der Waals surface area (Å²) in [4.78, 5) is 28.8. The average molecular weight is 511 g/mol. The molecule has 0 radical (unpaired) electrons. The van der Waals surface area contributed by atoms with Gasteiger partial charge >= 0.3 is 6.09 Å². The summed E-state index contributed by atoms with van der Waals surface area (Å²) in [7, 11) is 1.58. The molecule has 188 valence electrons. The molecule has 0 aromatic carbocycles. The number of hydrogen-bond donors (Lipinski definition) is 1. The zero-order chi connectivity index (χ0) is 25.1. The smallest absolute Gasteiger partial charge is 0.410 e. The predicted octanol–water partition coefficient (Wildman–Crippen LogP) is 5.64. The van der Waals surface area contributed by atoms with E-state index in [2.05, 4.69) is 5.32 Å². The summed E-state index contributed by atoms with van der Waals surface area (Å²) in [5.74, 6) is 0.466. The molecule has 3 rings (SSSR count). The van der Waals surface area contributed by atoms with Gasteiger partial charge in [-0.15, -0.1) is 11.3 Å². The van der Waals surface area contributed by atoms with E-state index in [-0.39, 0.29) is 24.5 Å². The topological polar surface area (TPSA) is 85.7 Å². The van der Waals surface area contributed by atoms with Crippen molar-refractivity contribution in [3.05, 3.63) is 33.1 Å². The summed E-state index contributed by atoms with van der Waals surface area (Å²) in [5, 5.41) is 8.06. The Morgan fingerprint density at radius 3 is 2.62 bits per heavy atom. The quantitative estimate of drug-likeness (QED) is 0.519. The number of thiophene rings is 1. The lowest BCUT2D eigenvalue weighted by molar-refractivity contribution is 0.0196. The van der Waals surface area contributed by atoms with Gasteiger partial charge in [-0.25, -0.2) is 4.79 Å². The van der Waals surface area contributed by atoms with E-state index in [9.17, 15) is 9.59 Å². The molecule has 1 N–H and O–H groups in total. The van der Waals surface area contributed by atoms with E-state index in [1.165, 1.54) is 16.0 Å². The predicted molar refractivity (Wildman–Crippen MR) is 135 cm³/mol. The molecule has 1 atom stereocenters. The highest BCUT2D eigenvalue weighted by atomic mass is 35.5. The van der Waals surface area contributed by atoms with Crippen LogP contribution in [0.25, 0.3) is 0 Å². The molecule has 1 amide bonds. The van der Waals surface area contributed by atoms with Crippen molar-refractivity contribution in [3.8, 4) is 0 Å². The van der Waals surface area contributed by atoms with Gasteiger partial charge in [0.25, 0.3) is 5.91 Å². The number of carbonyl (C=O) groups excluding carboxylic acids is 2. The lowest BCUT2D eigenvalue weighted by Gasteiger charge is -2.33. The van der Waals surface area contributed by atoms with Gasteiger partial charge in [0, 0.05) is 37.1 Å². The second-order valence-electron chi connectivity index (χ2n) is 10.3. The van der Waals surface area contributed by atoms with E-state index in [1.807, 2.05) is 52.8 Å². The van der Waals surface area contributed by atoms with Gasteiger partial charge in [0.05, 0.1) is 28.6 Å². The van der Waals surface area contributed by atoms with Crippen molar-refractivity contribution < 1.29 is 19.1 Å². The molecule has 8 nitrogen and oxygen atoms in total. The van der Waals surface area contributed by atoms with Crippen LogP contribution in [0.15, 0.2) is 18.2 Å². The molecule has 1 aliphatic rings. The first-order chi connectivity index (χ1) is 15.9. The van der Waals surface area contributed by atoms with Crippen LogP contribution in [-0.4, -0.2) is 59.1 Å². The number of ether oxygens (including phenoxy) is 2. The van der Waals surface area contributed by atoms with E-state index in [4.69, 9.17) is 26.2 Å². The van der Waals surface area contributed by atoms with Gasteiger partial charge in [0.1, 0.15) is 11.4 Å². The number of carbonyl (C=O) groups is 2. The number of likely N-dealkylation sites (tertiary alicyclic amines) is 1. The number of anilines is 1. The van der Waals surface area contributed by atoms with Gasteiger partial charge in [0.15, 0.2) is 0 Å². The van der Waals surface area contributed by atoms with Crippen LogP contribution in [0.2, 0.25) is 4.34 Å². The molecule has 1 saturated heterocycles. The van der Waals surface area contributed by atoms with Crippen LogP contribution in [0.5, 0.6) is 0 Å². The van der Waals surface area contributed by atoms with Crippen LogP contribution < -0.4 is 5.32 Å². The zero-order valence-corrected chi connectivity index (χ0v) is 22.4. The molecule has 2 aromatic heterocycles. The highest BCUT2D eigenvalue weighted by Crippen LogP contribution is 2.31. The van der Waals surface area contributed by atoms with Gasteiger partial charge in [-0.1, -0.05) is 11.6 Å². The molecule has 1 aliphatic heterocycles. The van der Waals surface area contributed by atoms with Gasteiger partial charge < -0.3 is 19.7 Å². The Kier molecular flexibility index (Phi) is 8.31. The monoisotopic (exact) mass is 510 g/mol. The molecule has 1 fully saturated rings. The number of amides is 1. The van der Waals surface area contributed by atoms with Crippen LogP contribution >= 0.6 is 22.9 Å². The van der Waals surface area contributed by atoms with E-state index < -0.39 is 11.0 Å². The highest BCUT2D eigenvalue weighted by Gasteiger charge is 2.34. The van der Waals surface area contributed by atoms with E-state index in [0.29, 0.717) is 29.8 Å². The third-order valence-electron chi connectivity index (χ3n) is 5.57. The molecule has 0 spiro atoms. The number of nitrogens with one attached hydrogen (secondary N) is 1. The van der Waals surface area contributed by atoms with Crippen LogP contribution in [0.4, 0.5) is 10.6 Å². The fourth-order valence-corrected chi connectivity index (χ4v) is 4.95.